The zero-order valence-electron chi connectivity index (χ0n) is 15.6. The average Bonchev–Trinajstić information content (AvgIpc) is 2.86. The van der Waals surface area contributed by atoms with E-state index in [0.29, 0.717) is 18.4 Å². The van der Waals surface area contributed by atoms with Crippen LogP contribution in [0.3, 0.4) is 0 Å². The second-order valence-electron chi connectivity index (χ2n) is 6.75. The summed E-state index contributed by atoms with van der Waals surface area (Å²) < 4.78 is 2.20. The fourth-order valence-corrected chi connectivity index (χ4v) is 3.14. The number of guanidine groups is 1. The zero-order valence-corrected chi connectivity index (χ0v) is 17.9. The Balaban J connectivity index is 0.00000243. The van der Waals surface area contributed by atoms with E-state index in [-0.39, 0.29) is 24.0 Å². The first-order chi connectivity index (χ1) is 12.2. The quantitative estimate of drug-likeness (QED) is 0.394. The maximum atomic E-state index is 6.03. The Morgan fingerprint density at radius 3 is 2.73 bits per heavy atom. The summed E-state index contributed by atoms with van der Waals surface area (Å²) in [4.78, 5) is 4.43. The fraction of sp³-hybridized carbons (Fsp3) is 0.526. The molecule has 3 rings (SSSR count). The first-order valence-corrected chi connectivity index (χ1v) is 9.25. The van der Waals surface area contributed by atoms with Crippen LogP contribution >= 0.6 is 24.0 Å². The molecule has 142 valence electrons. The number of hydrogen-bond donors (Lipinski definition) is 2. The molecule has 0 radical (unpaired) electrons. The number of aryl methyl sites for hydroxylation is 1. The second kappa shape index (κ2) is 9.89. The molecule has 1 unspecified atom stereocenters. The van der Waals surface area contributed by atoms with Gasteiger partial charge >= 0.3 is 0 Å². The van der Waals surface area contributed by atoms with Crippen LogP contribution in [0.25, 0.3) is 0 Å². The number of anilines is 1. The van der Waals surface area contributed by atoms with Gasteiger partial charge in [-0.1, -0.05) is 32.4 Å². The number of nitrogens with one attached hydrogen (secondary N) is 1. The van der Waals surface area contributed by atoms with Crippen LogP contribution < -0.4 is 11.1 Å². The van der Waals surface area contributed by atoms with Crippen molar-refractivity contribution in [2.75, 3.05) is 5.32 Å². The molecule has 7 heteroatoms. The third kappa shape index (κ3) is 5.18. The number of halogens is 1. The van der Waals surface area contributed by atoms with Crippen molar-refractivity contribution in [1.29, 1.82) is 0 Å². The fourth-order valence-electron chi connectivity index (χ4n) is 3.14. The monoisotopic (exact) mass is 468 g/mol. The molecule has 1 aromatic carbocycles. The summed E-state index contributed by atoms with van der Waals surface area (Å²) in [7, 11) is 0. The van der Waals surface area contributed by atoms with Crippen LogP contribution in [0.15, 0.2) is 29.3 Å². The average molecular weight is 468 g/mol. The van der Waals surface area contributed by atoms with Gasteiger partial charge < -0.3 is 15.6 Å². The van der Waals surface area contributed by atoms with E-state index in [1.54, 1.807) is 0 Å². The summed E-state index contributed by atoms with van der Waals surface area (Å²) >= 11 is 0. The van der Waals surface area contributed by atoms with E-state index >= 15 is 0 Å². The standard InChI is InChI=1S/C19H28N6.HI/c1-3-14(2)15-8-10-16(11-9-15)22-19(20)21-13-18-24-23-17-7-5-4-6-12-25(17)18;/h8-11,14H,3-7,12-13H2,1-2H3,(H3,20,21,22);1H. The number of fused-ring (bicyclic) bond motifs is 1. The van der Waals surface area contributed by atoms with E-state index in [1.165, 1.54) is 24.8 Å². The molecule has 0 aliphatic carbocycles. The van der Waals surface area contributed by atoms with Gasteiger partial charge in [-0.25, -0.2) is 4.99 Å². The van der Waals surface area contributed by atoms with Crippen molar-refractivity contribution < 1.29 is 0 Å². The molecular weight excluding hydrogens is 439 g/mol. The van der Waals surface area contributed by atoms with Crippen LogP contribution in [0.4, 0.5) is 5.69 Å². The predicted molar refractivity (Wildman–Crippen MR) is 117 cm³/mol. The van der Waals surface area contributed by atoms with Crippen LogP contribution in [0, 0.1) is 0 Å². The van der Waals surface area contributed by atoms with Crippen molar-refractivity contribution in [2.45, 2.75) is 65.0 Å². The molecule has 1 aromatic heterocycles. The smallest absolute Gasteiger partial charge is 0.193 e. The van der Waals surface area contributed by atoms with E-state index in [4.69, 9.17) is 5.73 Å². The second-order valence-corrected chi connectivity index (χ2v) is 6.75. The number of nitrogens with zero attached hydrogens (tertiary/aromatic N) is 4. The van der Waals surface area contributed by atoms with E-state index in [2.05, 4.69) is 51.1 Å². The number of nitrogens with two attached hydrogens (primary N) is 1. The maximum Gasteiger partial charge on any atom is 0.193 e. The van der Waals surface area contributed by atoms with Crippen LogP contribution in [0.1, 0.15) is 62.7 Å². The third-order valence-electron chi connectivity index (χ3n) is 4.94. The lowest BCUT2D eigenvalue weighted by atomic mass is 9.99. The summed E-state index contributed by atoms with van der Waals surface area (Å²) in [5.74, 6) is 2.95. The molecule has 0 spiro atoms. The first-order valence-electron chi connectivity index (χ1n) is 9.25. The van der Waals surface area contributed by atoms with Crippen molar-refractivity contribution in [3.05, 3.63) is 41.5 Å². The largest absolute Gasteiger partial charge is 0.370 e. The van der Waals surface area contributed by atoms with Gasteiger partial charge in [-0.2, -0.15) is 0 Å². The highest BCUT2D eigenvalue weighted by molar-refractivity contribution is 14.0. The Morgan fingerprint density at radius 1 is 1.23 bits per heavy atom. The van der Waals surface area contributed by atoms with Gasteiger partial charge in [0, 0.05) is 18.7 Å². The number of aliphatic imine (C=N–C) groups is 1. The van der Waals surface area contributed by atoms with Crippen LogP contribution in [0.5, 0.6) is 0 Å². The number of hydrogen-bond acceptors (Lipinski definition) is 3. The molecule has 3 N–H and O–H groups in total. The Morgan fingerprint density at radius 2 is 2.00 bits per heavy atom. The minimum Gasteiger partial charge on any atom is -0.370 e. The molecule has 26 heavy (non-hydrogen) atoms. The van der Waals surface area contributed by atoms with Gasteiger partial charge in [-0.05, 0) is 42.9 Å². The highest BCUT2D eigenvalue weighted by Gasteiger charge is 2.14. The maximum absolute atomic E-state index is 6.03. The lowest BCUT2D eigenvalue weighted by Gasteiger charge is -2.11. The third-order valence-corrected chi connectivity index (χ3v) is 4.94. The summed E-state index contributed by atoms with van der Waals surface area (Å²) in [6.45, 7) is 5.88. The molecule has 6 nitrogen and oxygen atoms in total. The van der Waals surface area contributed by atoms with E-state index in [0.717, 1.165) is 36.7 Å². The van der Waals surface area contributed by atoms with Crippen molar-refractivity contribution in [3.63, 3.8) is 0 Å². The van der Waals surface area contributed by atoms with E-state index < -0.39 is 0 Å². The van der Waals surface area contributed by atoms with Gasteiger partial charge in [0.15, 0.2) is 11.8 Å². The minimum atomic E-state index is 0. The lowest BCUT2D eigenvalue weighted by Crippen LogP contribution is -2.23. The van der Waals surface area contributed by atoms with Gasteiger partial charge in [0.1, 0.15) is 12.4 Å². The number of rotatable bonds is 5. The number of aromatic nitrogens is 3. The molecule has 0 saturated carbocycles. The molecule has 1 atom stereocenters. The molecule has 0 saturated heterocycles. The van der Waals surface area contributed by atoms with Gasteiger partial charge in [-0.3, -0.25) is 0 Å². The summed E-state index contributed by atoms with van der Waals surface area (Å²) in [5, 5.41) is 11.7. The Labute approximate surface area is 172 Å². The Bertz CT molecular complexity index is 722. The Hall–Kier alpha value is -1.64. The molecule has 2 heterocycles. The van der Waals surface area contributed by atoms with Crippen molar-refractivity contribution in [1.82, 2.24) is 14.8 Å². The Kier molecular flexibility index (Phi) is 7.86. The van der Waals surface area contributed by atoms with Crippen LogP contribution in [-0.4, -0.2) is 20.7 Å². The minimum absolute atomic E-state index is 0. The van der Waals surface area contributed by atoms with Crippen molar-refractivity contribution >= 4 is 35.6 Å². The molecule has 0 amide bonds. The first kappa shape index (κ1) is 20.7. The van der Waals surface area contributed by atoms with Gasteiger partial charge in [0.2, 0.25) is 0 Å². The highest BCUT2D eigenvalue weighted by Crippen LogP contribution is 2.20. The topological polar surface area (TPSA) is 81.1 Å². The molecule has 1 aliphatic heterocycles. The lowest BCUT2D eigenvalue weighted by molar-refractivity contribution is 0.606. The van der Waals surface area contributed by atoms with Gasteiger partial charge in [0.05, 0.1) is 0 Å². The zero-order chi connectivity index (χ0) is 17.6. The normalized spacial score (nSPS) is 15.5. The van der Waals surface area contributed by atoms with Crippen molar-refractivity contribution in [2.24, 2.45) is 10.7 Å². The molecule has 1 aliphatic rings. The summed E-state index contributed by atoms with van der Waals surface area (Å²) in [5.41, 5.74) is 8.33. The molecule has 0 bridgehead atoms. The molecular formula is C19H29IN6. The SMILES string of the molecule is CCC(C)c1ccc(NC(N)=NCc2nnc3n2CCCCC3)cc1.I. The predicted octanol–water partition coefficient (Wildman–Crippen LogP) is 4.06. The van der Waals surface area contributed by atoms with Crippen LogP contribution in [0.2, 0.25) is 0 Å². The summed E-state index contributed by atoms with van der Waals surface area (Å²) in [6.07, 6.45) is 5.77. The van der Waals surface area contributed by atoms with E-state index in [9.17, 15) is 0 Å². The molecule has 2 aromatic rings. The highest BCUT2D eigenvalue weighted by atomic mass is 127. The van der Waals surface area contributed by atoms with E-state index in [1.807, 2.05) is 12.1 Å². The van der Waals surface area contributed by atoms with Gasteiger partial charge in [-0.15, -0.1) is 34.2 Å². The summed E-state index contributed by atoms with van der Waals surface area (Å²) in [6, 6.07) is 8.38. The van der Waals surface area contributed by atoms with Gasteiger partial charge in [0.25, 0.3) is 0 Å². The molecule has 0 fully saturated rings. The number of benzene rings is 1. The van der Waals surface area contributed by atoms with Crippen LogP contribution in [-0.2, 0) is 19.5 Å². The van der Waals surface area contributed by atoms with Crippen molar-refractivity contribution in [3.8, 4) is 0 Å².